The highest BCUT2D eigenvalue weighted by atomic mass is 32.2. The minimum Gasteiger partial charge on any atom is -0.468 e. The number of methoxy groups -OCH3 is 1. The van der Waals surface area contributed by atoms with Gasteiger partial charge in [0.1, 0.15) is 6.54 Å². The number of carbonyl (C=O) groups excluding carboxylic acids is 2. The van der Waals surface area contributed by atoms with E-state index < -0.39 is 21.9 Å². The quantitative estimate of drug-likeness (QED) is 0.751. The molecule has 0 radical (unpaired) electrons. The molecule has 0 atom stereocenters. The molecule has 2 aromatic rings. The Morgan fingerprint density at radius 1 is 1.04 bits per heavy atom. The second-order valence-electron chi connectivity index (χ2n) is 5.71. The van der Waals surface area contributed by atoms with Crippen LogP contribution in [0.2, 0.25) is 0 Å². The van der Waals surface area contributed by atoms with Gasteiger partial charge in [0, 0.05) is 11.3 Å². The summed E-state index contributed by atoms with van der Waals surface area (Å²) in [7, 11) is -2.64. The van der Waals surface area contributed by atoms with Crippen LogP contribution >= 0.6 is 0 Å². The first-order chi connectivity index (χ1) is 12.2. The van der Waals surface area contributed by atoms with Gasteiger partial charge in [-0.2, -0.15) is 0 Å². The SMILES string of the molecule is COC(=O)CNC(=O)c1cc(S(=O)(=O)Nc2ccc(C)cc2)ccc1C. The molecule has 0 aliphatic rings. The van der Waals surface area contributed by atoms with Gasteiger partial charge < -0.3 is 10.1 Å². The van der Waals surface area contributed by atoms with E-state index in [0.717, 1.165) is 5.56 Å². The van der Waals surface area contributed by atoms with E-state index in [1.807, 2.05) is 6.92 Å². The van der Waals surface area contributed by atoms with Crippen LogP contribution in [0.1, 0.15) is 21.5 Å². The van der Waals surface area contributed by atoms with E-state index in [2.05, 4.69) is 14.8 Å². The van der Waals surface area contributed by atoms with Crippen LogP contribution < -0.4 is 10.0 Å². The van der Waals surface area contributed by atoms with Crippen LogP contribution in [0.3, 0.4) is 0 Å². The third kappa shape index (κ3) is 4.82. The van der Waals surface area contributed by atoms with Crippen molar-refractivity contribution < 1.29 is 22.7 Å². The van der Waals surface area contributed by atoms with Crippen molar-refractivity contribution in [3.05, 3.63) is 59.2 Å². The summed E-state index contributed by atoms with van der Waals surface area (Å²) >= 11 is 0. The third-order valence-corrected chi connectivity index (χ3v) is 5.07. The summed E-state index contributed by atoms with van der Waals surface area (Å²) in [6.07, 6.45) is 0. The second kappa shape index (κ2) is 8.01. The van der Waals surface area contributed by atoms with E-state index >= 15 is 0 Å². The van der Waals surface area contributed by atoms with Crippen molar-refractivity contribution in [1.82, 2.24) is 5.32 Å². The summed E-state index contributed by atoms with van der Waals surface area (Å²) in [6, 6.07) is 11.1. The maximum absolute atomic E-state index is 12.6. The maximum atomic E-state index is 12.6. The van der Waals surface area contributed by atoms with Gasteiger partial charge in [0.15, 0.2) is 0 Å². The first-order valence-corrected chi connectivity index (χ1v) is 9.26. The summed E-state index contributed by atoms with van der Waals surface area (Å²) in [5.41, 5.74) is 2.18. The zero-order valence-electron chi connectivity index (χ0n) is 14.7. The molecule has 0 aromatic heterocycles. The van der Waals surface area contributed by atoms with Crippen LogP contribution in [0, 0.1) is 13.8 Å². The number of rotatable bonds is 6. The molecule has 0 aliphatic carbocycles. The Morgan fingerprint density at radius 3 is 2.31 bits per heavy atom. The summed E-state index contributed by atoms with van der Waals surface area (Å²) < 4.78 is 32.1. The zero-order chi connectivity index (χ0) is 19.3. The highest BCUT2D eigenvalue weighted by Gasteiger charge is 2.18. The van der Waals surface area contributed by atoms with E-state index in [4.69, 9.17) is 0 Å². The van der Waals surface area contributed by atoms with Gasteiger partial charge in [-0.1, -0.05) is 23.8 Å². The van der Waals surface area contributed by atoms with Gasteiger partial charge in [-0.3, -0.25) is 14.3 Å². The number of amides is 1. The van der Waals surface area contributed by atoms with Crippen molar-refractivity contribution in [2.45, 2.75) is 18.7 Å². The van der Waals surface area contributed by atoms with E-state index in [9.17, 15) is 18.0 Å². The molecular weight excluding hydrogens is 356 g/mol. The van der Waals surface area contributed by atoms with Crippen LogP contribution in [-0.2, 0) is 19.6 Å². The van der Waals surface area contributed by atoms with E-state index in [-0.39, 0.29) is 17.0 Å². The van der Waals surface area contributed by atoms with E-state index in [0.29, 0.717) is 11.3 Å². The molecule has 0 heterocycles. The number of hydrogen-bond acceptors (Lipinski definition) is 5. The van der Waals surface area contributed by atoms with Crippen molar-refractivity contribution in [3.8, 4) is 0 Å². The molecule has 0 spiro atoms. The summed E-state index contributed by atoms with van der Waals surface area (Å²) in [5, 5.41) is 2.40. The van der Waals surface area contributed by atoms with Crippen LogP contribution in [0.4, 0.5) is 5.69 Å². The lowest BCUT2D eigenvalue weighted by molar-refractivity contribution is -0.139. The Labute approximate surface area is 152 Å². The van der Waals surface area contributed by atoms with Crippen molar-refractivity contribution in [2.24, 2.45) is 0 Å². The predicted molar refractivity (Wildman–Crippen MR) is 97.5 cm³/mol. The molecule has 0 aliphatic heterocycles. The molecule has 0 saturated carbocycles. The molecule has 2 rings (SSSR count). The van der Waals surface area contributed by atoms with Crippen molar-refractivity contribution in [3.63, 3.8) is 0 Å². The summed E-state index contributed by atoms with van der Waals surface area (Å²) in [5.74, 6) is -1.15. The molecule has 7 nitrogen and oxygen atoms in total. The molecule has 0 fully saturated rings. The molecule has 26 heavy (non-hydrogen) atoms. The van der Waals surface area contributed by atoms with Crippen LogP contribution in [-0.4, -0.2) is 33.9 Å². The first-order valence-electron chi connectivity index (χ1n) is 7.78. The average Bonchev–Trinajstić information content (AvgIpc) is 2.61. The minimum absolute atomic E-state index is 0.0492. The highest BCUT2D eigenvalue weighted by molar-refractivity contribution is 7.92. The number of aryl methyl sites for hydroxylation is 2. The molecule has 8 heteroatoms. The lowest BCUT2D eigenvalue weighted by Crippen LogP contribution is -2.30. The van der Waals surface area contributed by atoms with Gasteiger partial charge >= 0.3 is 5.97 Å². The Bertz CT molecular complexity index is 921. The van der Waals surface area contributed by atoms with Crippen molar-refractivity contribution in [1.29, 1.82) is 0 Å². The van der Waals surface area contributed by atoms with Gasteiger partial charge in [0.05, 0.1) is 12.0 Å². The number of ether oxygens (including phenoxy) is 1. The number of nitrogens with one attached hydrogen (secondary N) is 2. The molecule has 0 saturated heterocycles. The topological polar surface area (TPSA) is 102 Å². The van der Waals surface area contributed by atoms with E-state index in [1.165, 1.54) is 25.3 Å². The average molecular weight is 376 g/mol. The molecule has 2 aromatic carbocycles. The normalized spacial score (nSPS) is 10.9. The van der Waals surface area contributed by atoms with Gasteiger partial charge in [0.25, 0.3) is 15.9 Å². The van der Waals surface area contributed by atoms with Gasteiger partial charge in [-0.05, 0) is 43.7 Å². The van der Waals surface area contributed by atoms with Crippen LogP contribution in [0.5, 0.6) is 0 Å². The van der Waals surface area contributed by atoms with Gasteiger partial charge in [-0.15, -0.1) is 0 Å². The number of carbonyl (C=O) groups is 2. The molecule has 2 N–H and O–H groups in total. The Kier molecular flexibility index (Phi) is 5.99. The molecular formula is C18H20N2O5S. The second-order valence-corrected chi connectivity index (χ2v) is 7.39. The van der Waals surface area contributed by atoms with E-state index in [1.54, 1.807) is 31.2 Å². The number of benzene rings is 2. The fourth-order valence-electron chi connectivity index (χ4n) is 2.17. The Balaban J connectivity index is 2.25. The lowest BCUT2D eigenvalue weighted by atomic mass is 10.1. The molecule has 0 bridgehead atoms. The van der Waals surface area contributed by atoms with Crippen molar-refractivity contribution >= 4 is 27.6 Å². The fraction of sp³-hybridized carbons (Fsp3) is 0.222. The molecule has 1 amide bonds. The molecule has 138 valence electrons. The minimum atomic E-state index is -3.86. The number of esters is 1. The third-order valence-electron chi connectivity index (χ3n) is 3.69. The van der Waals surface area contributed by atoms with Crippen molar-refractivity contribution in [2.75, 3.05) is 18.4 Å². The standard InChI is InChI=1S/C18H20N2O5S/c1-12-4-7-14(8-5-12)20-26(23,24)15-9-6-13(2)16(10-15)18(22)19-11-17(21)25-3/h4-10,20H,11H2,1-3H3,(H,19,22). The number of anilines is 1. The summed E-state index contributed by atoms with van der Waals surface area (Å²) in [4.78, 5) is 23.3. The van der Waals surface area contributed by atoms with Gasteiger partial charge in [0.2, 0.25) is 0 Å². The Morgan fingerprint density at radius 2 is 1.69 bits per heavy atom. The van der Waals surface area contributed by atoms with Gasteiger partial charge in [-0.25, -0.2) is 8.42 Å². The monoisotopic (exact) mass is 376 g/mol. The highest BCUT2D eigenvalue weighted by Crippen LogP contribution is 2.19. The largest absolute Gasteiger partial charge is 0.468 e. The smallest absolute Gasteiger partial charge is 0.325 e. The fourth-order valence-corrected chi connectivity index (χ4v) is 3.25. The number of hydrogen-bond donors (Lipinski definition) is 2. The molecule has 0 unspecified atom stereocenters. The summed E-state index contributed by atoms with van der Waals surface area (Å²) in [6.45, 7) is 3.28. The number of sulfonamides is 1. The Hall–Kier alpha value is -2.87. The lowest BCUT2D eigenvalue weighted by Gasteiger charge is -2.11. The predicted octanol–water partition coefficient (Wildman–Crippen LogP) is 2.01. The van der Waals surface area contributed by atoms with Crippen LogP contribution in [0.25, 0.3) is 0 Å². The maximum Gasteiger partial charge on any atom is 0.325 e. The first kappa shape index (κ1) is 19.5. The van der Waals surface area contributed by atoms with Crippen LogP contribution in [0.15, 0.2) is 47.4 Å². The zero-order valence-corrected chi connectivity index (χ0v) is 15.5.